The molecule has 19 heavy (non-hydrogen) atoms. The summed E-state index contributed by atoms with van der Waals surface area (Å²) in [6, 6.07) is 2.98. The molecular weight excluding hydrogens is 238 g/mol. The minimum absolute atomic E-state index is 0.592. The standard InChI is InChI=1S/C15H29N3O/c1-12(10-17-5-7-19-8-6-17)16-14-9-13(2)18(11-14)15-3-4-15/h12-16H,3-11H2,1-2H3. The lowest BCUT2D eigenvalue weighted by atomic mass is 10.1. The van der Waals surface area contributed by atoms with Crippen molar-refractivity contribution in [1.29, 1.82) is 0 Å². The number of rotatable bonds is 5. The summed E-state index contributed by atoms with van der Waals surface area (Å²) in [6.45, 7) is 11.2. The molecule has 3 atom stereocenters. The van der Waals surface area contributed by atoms with Crippen LogP contribution in [-0.4, -0.2) is 73.4 Å². The van der Waals surface area contributed by atoms with Gasteiger partial charge in [0, 0.05) is 50.3 Å². The van der Waals surface area contributed by atoms with E-state index in [1.807, 2.05) is 0 Å². The van der Waals surface area contributed by atoms with Crippen LogP contribution in [0.5, 0.6) is 0 Å². The van der Waals surface area contributed by atoms with Crippen LogP contribution in [0.3, 0.4) is 0 Å². The van der Waals surface area contributed by atoms with Crippen molar-refractivity contribution in [2.75, 3.05) is 39.4 Å². The number of likely N-dealkylation sites (tertiary alicyclic amines) is 1. The van der Waals surface area contributed by atoms with Crippen molar-refractivity contribution in [2.45, 2.75) is 57.3 Å². The van der Waals surface area contributed by atoms with Crippen LogP contribution in [0.4, 0.5) is 0 Å². The van der Waals surface area contributed by atoms with E-state index in [1.54, 1.807) is 0 Å². The zero-order valence-electron chi connectivity index (χ0n) is 12.5. The maximum absolute atomic E-state index is 5.41. The van der Waals surface area contributed by atoms with Crippen LogP contribution < -0.4 is 5.32 Å². The van der Waals surface area contributed by atoms with E-state index >= 15 is 0 Å². The highest BCUT2D eigenvalue weighted by Crippen LogP contribution is 2.33. The Morgan fingerprint density at radius 2 is 2.00 bits per heavy atom. The van der Waals surface area contributed by atoms with E-state index in [4.69, 9.17) is 4.74 Å². The van der Waals surface area contributed by atoms with Gasteiger partial charge in [0.15, 0.2) is 0 Å². The number of nitrogens with one attached hydrogen (secondary N) is 1. The van der Waals surface area contributed by atoms with Crippen molar-refractivity contribution in [2.24, 2.45) is 0 Å². The van der Waals surface area contributed by atoms with Gasteiger partial charge in [-0.05, 0) is 33.1 Å². The van der Waals surface area contributed by atoms with E-state index in [0.717, 1.165) is 44.9 Å². The molecule has 4 heteroatoms. The van der Waals surface area contributed by atoms with Crippen molar-refractivity contribution in [3.63, 3.8) is 0 Å². The first-order chi connectivity index (χ1) is 9.22. The number of ether oxygens (including phenoxy) is 1. The lowest BCUT2D eigenvalue weighted by molar-refractivity contribution is 0.0339. The summed E-state index contributed by atoms with van der Waals surface area (Å²) in [5.74, 6) is 0. The Kier molecular flexibility index (Phi) is 4.42. The smallest absolute Gasteiger partial charge is 0.0594 e. The zero-order valence-corrected chi connectivity index (χ0v) is 12.5. The third kappa shape index (κ3) is 3.69. The fourth-order valence-electron chi connectivity index (χ4n) is 3.72. The summed E-state index contributed by atoms with van der Waals surface area (Å²) in [7, 11) is 0. The first kappa shape index (κ1) is 13.8. The van der Waals surface area contributed by atoms with Gasteiger partial charge in [0.2, 0.25) is 0 Å². The van der Waals surface area contributed by atoms with E-state index in [1.165, 1.54) is 25.8 Å². The van der Waals surface area contributed by atoms with Gasteiger partial charge in [-0.2, -0.15) is 0 Å². The average Bonchev–Trinajstić information content (AvgIpc) is 3.15. The van der Waals surface area contributed by atoms with E-state index in [0.29, 0.717) is 12.1 Å². The highest BCUT2D eigenvalue weighted by molar-refractivity contribution is 4.96. The topological polar surface area (TPSA) is 27.7 Å². The van der Waals surface area contributed by atoms with Crippen LogP contribution in [0.2, 0.25) is 0 Å². The van der Waals surface area contributed by atoms with E-state index in [9.17, 15) is 0 Å². The van der Waals surface area contributed by atoms with Crippen molar-refractivity contribution >= 4 is 0 Å². The number of morpholine rings is 1. The molecular formula is C15H29N3O. The van der Waals surface area contributed by atoms with Crippen molar-refractivity contribution < 1.29 is 4.74 Å². The Bertz CT molecular complexity index is 289. The predicted octanol–water partition coefficient (Wildman–Crippen LogP) is 0.922. The molecule has 0 spiro atoms. The molecule has 0 aromatic heterocycles. The van der Waals surface area contributed by atoms with Crippen LogP contribution >= 0.6 is 0 Å². The van der Waals surface area contributed by atoms with Crippen LogP contribution in [0.25, 0.3) is 0 Å². The molecule has 0 bridgehead atoms. The lowest BCUT2D eigenvalue weighted by Crippen LogP contribution is -2.47. The monoisotopic (exact) mass is 267 g/mol. The summed E-state index contributed by atoms with van der Waals surface area (Å²) in [4.78, 5) is 5.25. The number of nitrogens with zero attached hydrogens (tertiary/aromatic N) is 2. The average molecular weight is 267 g/mol. The van der Waals surface area contributed by atoms with Gasteiger partial charge >= 0.3 is 0 Å². The van der Waals surface area contributed by atoms with Gasteiger partial charge in [0.05, 0.1) is 13.2 Å². The van der Waals surface area contributed by atoms with Crippen molar-refractivity contribution in [3.8, 4) is 0 Å². The molecule has 1 aliphatic carbocycles. The van der Waals surface area contributed by atoms with Crippen molar-refractivity contribution in [3.05, 3.63) is 0 Å². The number of hydrogen-bond acceptors (Lipinski definition) is 4. The van der Waals surface area contributed by atoms with E-state index in [2.05, 4.69) is 29.0 Å². The number of hydrogen-bond donors (Lipinski definition) is 1. The molecule has 0 aromatic rings. The minimum atomic E-state index is 0.592. The van der Waals surface area contributed by atoms with Gasteiger partial charge in [-0.15, -0.1) is 0 Å². The summed E-state index contributed by atoms with van der Waals surface area (Å²) in [5, 5.41) is 3.85. The van der Waals surface area contributed by atoms with Crippen molar-refractivity contribution in [1.82, 2.24) is 15.1 Å². The Labute approximate surface area is 117 Å². The molecule has 0 aromatic carbocycles. The van der Waals surface area contributed by atoms with Gasteiger partial charge in [-0.25, -0.2) is 0 Å². The third-order valence-electron chi connectivity index (χ3n) is 4.79. The third-order valence-corrected chi connectivity index (χ3v) is 4.79. The quantitative estimate of drug-likeness (QED) is 0.802. The summed E-state index contributed by atoms with van der Waals surface area (Å²) in [6.07, 6.45) is 4.19. The Morgan fingerprint density at radius 1 is 1.26 bits per heavy atom. The molecule has 4 nitrogen and oxygen atoms in total. The molecule has 2 saturated heterocycles. The van der Waals surface area contributed by atoms with Gasteiger partial charge in [-0.1, -0.05) is 0 Å². The highest BCUT2D eigenvalue weighted by atomic mass is 16.5. The van der Waals surface area contributed by atoms with Gasteiger partial charge < -0.3 is 10.1 Å². The van der Waals surface area contributed by atoms with Crippen LogP contribution in [0.15, 0.2) is 0 Å². The van der Waals surface area contributed by atoms with Gasteiger partial charge in [0.1, 0.15) is 0 Å². The van der Waals surface area contributed by atoms with Crippen LogP contribution in [0.1, 0.15) is 33.1 Å². The first-order valence-corrected chi connectivity index (χ1v) is 8.04. The molecule has 2 heterocycles. The second-order valence-electron chi connectivity index (χ2n) is 6.69. The Balaban J connectivity index is 1.40. The Morgan fingerprint density at radius 3 is 2.68 bits per heavy atom. The molecule has 1 N–H and O–H groups in total. The largest absolute Gasteiger partial charge is 0.379 e. The molecule has 2 aliphatic heterocycles. The molecule has 110 valence electrons. The van der Waals surface area contributed by atoms with E-state index in [-0.39, 0.29) is 0 Å². The highest BCUT2D eigenvalue weighted by Gasteiger charge is 2.38. The fourth-order valence-corrected chi connectivity index (χ4v) is 3.72. The van der Waals surface area contributed by atoms with Crippen LogP contribution in [0, 0.1) is 0 Å². The van der Waals surface area contributed by atoms with E-state index < -0.39 is 0 Å². The van der Waals surface area contributed by atoms with Gasteiger partial charge in [0.25, 0.3) is 0 Å². The predicted molar refractivity (Wildman–Crippen MR) is 77.5 cm³/mol. The maximum atomic E-state index is 5.41. The second kappa shape index (κ2) is 6.08. The second-order valence-corrected chi connectivity index (χ2v) is 6.69. The minimum Gasteiger partial charge on any atom is -0.379 e. The molecule has 3 unspecified atom stereocenters. The summed E-state index contributed by atoms with van der Waals surface area (Å²) < 4.78 is 5.41. The van der Waals surface area contributed by atoms with Gasteiger partial charge in [-0.3, -0.25) is 9.80 Å². The summed E-state index contributed by atoms with van der Waals surface area (Å²) >= 11 is 0. The molecule has 0 radical (unpaired) electrons. The van der Waals surface area contributed by atoms with Crippen LogP contribution in [-0.2, 0) is 4.74 Å². The normalized spacial score (nSPS) is 35.7. The first-order valence-electron chi connectivity index (χ1n) is 8.04. The maximum Gasteiger partial charge on any atom is 0.0594 e. The molecule has 3 aliphatic rings. The SMILES string of the molecule is CC(CN1CCOCC1)NC1CC(C)N(C2CC2)C1. The summed E-state index contributed by atoms with van der Waals surface area (Å²) in [5.41, 5.74) is 0. The fraction of sp³-hybridized carbons (Fsp3) is 1.00. The molecule has 3 fully saturated rings. The Hall–Kier alpha value is -0.160. The molecule has 0 amide bonds. The molecule has 1 saturated carbocycles. The molecule has 3 rings (SSSR count). The zero-order chi connectivity index (χ0) is 13.2. The lowest BCUT2D eigenvalue weighted by Gasteiger charge is -2.30.